The Balaban J connectivity index is 2.05. The molecule has 1 aliphatic rings. The number of hydrogen-bond donors (Lipinski definition) is 0. The second kappa shape index (κ2) is 4.31. The van der Waals surface area contributed by atoms with Gasteiger partial charge in [-0.15, -0.1) is 0 Å². The molecule has 0 bridgehead atoms. The average Bonchev–Trinajstić information content (AvgIpc) is 2.89. The lowest BCUT2D eigenvalue weighted by Gasteiger charge is -2.18. The number of ether oxygens (including phenoxy) is 1. The first kappa shape index (κ1) is 11.6. The summed E-state index contributed by atoms with van der Waals surface area (Å²) >= 11 is 0. The van der Waals surface area contributed by atoms with Crippen molar-refractivity contribution >= 4 is 5.69 Å². The molecule has 0 N–H and O–H groups in total. The Morgan fingerprint density at radius 1 is 0.947 bits per heavy atom. The van der Waals surface area contributed by atoms with Crippen LogP contribution in [0.5, 0.6) is 5.75 Å². The molecule has 1 aliphatic heterocycles. The summed E-state index contributed by atoms with van der Waals surface area (Å²) in [5.74, 6) is 0.719. The third kappa shape index (κ3) is 1.81. The molecule has 1 aromatic heterocycles. The van der Waals surface area contributed by atoms with E-state index in [1.54, 1.807) is 7.11 Å². The van der Waals surface area contributed by atoms with Gasteiger partial charge in [0.25, 0.3) is 11.1 Å². The molecule has 0 aliphatic carbocycles. The zero-order valence-corrected chi connectivity index (χ0v) is 10.4. The second-order valence-corrected chi connectivity index (χ2v) is 4.30. The maximum Gasteiger partial charge on any atom is 0.267 e. The van der Waals surface area contributed by atoms with Gasteiger partial charge < -0.3 is 9.64 Å². The van der Waals surface area contributed by atoms with Gasteiger partial charge >= 0.3 is 0 Å². The number of benzene rings is 1. The maximum absolute atomic E-state index is 11.7. The number of anilines is 1. The number of fused-ring (bicyclic) bond motifs is 1. The van der Waals surface area contributed by atoms with Crippen molar-refractivity contribution < 1.29 is 4.74 Å². The molecule has 0 amide bonds. The van der Waals surface area contributed by atoms with E-state index in [9.17, 15) is 9.59 Å². The molecule has 0 atom stereocenters. The lowest BCUT2D eigenvalue weighted by atomic mass is 10.3. The van der Waals surface area contributed by atoms with Gasteiger partial charge in [-0.1, -0.05) is 12.1 Å². The van der Waals surface area contributed by atoms with Crippen molar-refractivity contribution in [1.82, 2.24) is 9.36 Å². The van der Waals surface area contributed by atoms with Crippen LogP contribution in [0.2, 0.25) is 0 Å². The molecule has 0 spiro atoms. The molecule has 0 unspecified atom stereocenters. The Bertz CT molecular complexity index is 693. The highest BCUT2D eigenvalue weighted by atomic mass is 16.5. The minimum atomic E-state index is -0.183. The van der Waals surface area contributed by atoms with Crippen LogP contribution in [0.25, 0.3) is 0 Å². The molecule has 6 nitrogen and oxygen atoms in total. The van der Waals surface area contributed by atoms with Crippen molar-refractivity contribution in [2.24, 2.45) is 0 Å². The molecular weight excluding hydrogens is 246 g/mol. The van der Waals surface area contributed by atoms with Crippen molar-refractivity contribution in [3.8, 4) is 5.75 Å². The maximum atomic E-state index is 11.7. The summed E-state index contributed by atoms with van der Waals surface area (Å²) in [7, 11) is 1.60. The van der Waals surface area contributed by atoms with Gasteiger partial charge in [-0.05, 0) is 12.1 Å². The summed E-state index contributed by atoms with van der Waals surface area (Å²) in [6.07, 6.45) is 0. The molecule has 98 valence electrons. The largest absolute Gasteiger partial charge is 0.495 e. The summed E-state index contributed by atoms with van der Waals surface area (Å²) in [6.45, 7) is 0.685. The highest BCUT2D eigenvalue weighted by Crippen LogP contribution is 2.29. The summed E-state index contributed by atoms with van der Waals surface area (Å²) in [6, 6.07) is 10.1. The fraction of sp³-hybridized carbons (Fsp3) is 0.231. The van der Waals surface area contributed by atoms with Gasteiger partial charge in [-0.3, -0.25) is 9.59 Å². The molecule has 2 aromatic rings. The van der Waals surface area contributed by atoms with Crippen molar-refractivity contribution in [2.75, 3.05) is 12.0 Å². The molecule has 0 saturated heterocycles. The highest BCUT2D eigenvalue weighted by Gasteiger charge is 2.22. The number of nitrogens with zero attached hydrogens (tertiary/aromatic N) is 3. The van der Waals surface area contributed by atoms with Crippen LogP contribution in [0, 0.1) is 0 Å². The smallest absolute Gasteiger partial charge is 0.267 e. The molecule has 0 fully saturated rings. The normalized spacial score (nSPS) is 13.4. The number of hydrogen-bond acceptors (Lipinski definition) is 4. The van der Waals surface area contributed by atoms with Crippen LogP contribution in [-0.2, 0) is 13.3 Å². The third-order valence-corrected chi connectivity index (χ3v) is 3.20. The zero-order valence-electron chi connectivity index (χ0n) is 10.4. The van der Waals surface area contributed by atoms with E-state index in [1.807, 2.05) is 29.2 Å². The number of aromatic nitrogens is 2. The first-order valence-electron chi connectivity index (χ1n) is 5.89. The lowest BCUT2D eigenvalue weighted by Crippen LogP contribution is -2.32. The second-order valence-electron chi connectivity index (χ2n) is 4.30. The Kier molecular flexibility index (Phi) is 2.63. The zero-order chi connectivity index (χ0) is 13.4. The van der Waals surface area contributed by atoms with Crippen molar-refractivity contribution in [1.29, 1.82) is 0 Å². The number of para-hydroxylation sites is 2. The van der Waals surface area contributed by atoms with Gasteiger partial charge in [0.2, 0.25) is 0 Å². The van der Waals surface area contributed by atoms with E-state index in [2.05, 4.69) is 0 Å². The lowest BCUT2D eigenvalue weighted by molar-refractivity contribution is 0.414. The molecular formula is C13H13N3O3. The molecule has 3 rings (SSSR count). The van der Waals surface area contributed by atoms with Gasteiger partial charge in [0.15, 0.2) is 0 Å². The minimum Gasteiger partial charge on any atom is -0.495 e. The molecule has 1 aromatic carbocycles. The van der Waals surface area contributed by atoms with Crippen molar-refractivity contribution in [3.63, 3.8) is 0 Å². The van der Waals surface area contributed by atoms with E-state index >= 15 is 0 Å². The first-order chi connectivity index (χ1) is 9.20. The van der Waals surface area contributed by atoms with Crippen LogP contribution in [0.15, 0.2) is 46.0 Å². The average molecular weight is 259 g/mol. The van der Waals surface area contributed by atoms with E-state index in [4.69, 9.17) is 4.74 Å². The topological polar surface area (TPSA) is 56.5 Å². The first-order valence-corrected chi connectivity index (χ1v) is 5.89. The number of methoxy groups -OCH3 is 1. The Morgan fingerprint density at radius 2 is 1.53 bits per heavy atom. The quantitative estimate of drug-likeness (QED) is 0.786. The summed E-state index contributed by atoms with van der Waals surface area (Å²) in [5.41, 5.74) is 0.494. The predicted octanol–water partition coefficient (Wildman–Crippen LogP) is 0.454. The highest BCUT2D eigenvalue weighted by molar-refractivity contribution is 5.57. The summed E-state index contributed by atoms with van der Waals surface area (Å²) in [5, 5.41) is 0. The molecule has 19 heavy (non-hydrogen) atoms. The predicted molar refractivity (Wildman–Crippen MR) is 70.4 cm³/mol. The Labute approximate surface area is 109 Å². The molecule has 2 heterocycles. The monoisotopic (exact) mass is 259 g/mol. The van der Waals surface area contributed by atoms with Crippen molar-refractivity contribution in [3.05, 3.63) is 57.1 Å². The van der Waals surface area contributed by atoms with E-state index in [0.29, 0.717) is 13.3 Å². The van der Waals surface area contributed by atoms with Crippen LogP contribution in [-0.4, -0.2) is 16.5 Å². The minimum absolute atomic E-state index is 0.183. The van der Waals surface area contributed by atoms with Crippen LogP contribution < -0.4 is 20.8 Å². The third-order valence-electron chi connectivity index (χ3n) is 3.20. The van der Waals surface area contributed by atoms with E-state index in [-0.39, 0.29) is 11.1 Å². The Hall–Kier alpha value is -2.50. The van der Waals surface area contributed by atoms with Crippen LogP contribution in [0.3, 0.4) is 0 Å². The summed E-state index contributed by atoms with van der Waals surface area (Å²) < 4.78 is 8.15. The van der Waals surface area contributed by atoms with Gasteiger partial charge in [0.05, 0.1) is 12.8 Å². The van der Waals surface area contributed by atoms with Crippen LogP contribution >= 0.6 is 0 Å². The van der Waals surface area contributed by atoms with E-state index in [1.165, 1.54) is 21.5 Å². The van der Waals surface area contributed by atoms with Gasteiger partial charge in [0, 0.05) is 12.1 Å². The number of rotatable bonds is 2. The van der Waals surface area contributed by atoms with Gasteiger partial charge in [-0.2, -0.15) is 0 Å². The van der Waals surface area contributed by atoms with Gasteiger partial charge in [0.1, 0.15) is 19.1 Å². The fourth-order valence-corrected chi connectivity index (χ4v) is 2.26. The molecule has 0 radical (unpaired) electrons. The fourth-order valence-electron chi connectivity index (χ4n) is 2.26. The van der Waals surface area contributed by atoms with E-state index in [0.717, 1.165) is 11.4 Å². The van der Waals surface area contributed by atoms with Gasteiger partial charge in [-0.25, -0.2) is 9.36 Å². The van der Waals surface area contributed by atoms with Crippen molar-refractivity contribution in [2.45, 2.75) is 13.3 Å². The standard InChI is InChI=1S/C13H13N3O3/c1-19-11-5-3-2-4-10(11)14-8-15-12(17)6-7-13(18)16(15)9-14/h2-7H,8-9H2,1H3. The SMILES string of the molecule is COc1ccccc1N1Cn2c(=O)ccc(=O)n2C1. The molecule has 0 saturated carbocycles. The molecule has 6 heteroatoms. The van der Waals surface area contributed by atoms with E-state index < -0.39 is 0 Å². The van der Waals surface area contributed by atoms with Crippen LogP contribution in [0.1, 0.15) is 0 Å². The van der Waals surface area contributed by atoms with Crippen LogP contribution in [0.4, 0.5) is 5.69 Å². The Morgan fingerprint density at radius 3 is 2.11 bits per heavy atom. The summed E-state index contributed by atoms with van der Waals surface area (Å²) in [4.78, 5) is 25.4.